The number of amides is 1. The highest BCUT2D eigenvalue weighted by molar-refractivity contribution is 5.81. The molecule has 0 spiro atoms. The molecule has 28 heavy (non-hydrogen) atoms. The number of nitrogens with zero attached hydrogens (tertiary/aromatic N) is 1. The lowest BCUT2D eigenvalue weighted by Gasteiger charge is -2.23. The Morgan fingerprint density at radius 3 is 2.57 bits per heavy atom. The molecule has 154 valence electrons. The van der Waals surface area contributed by atoms with Crippen molar-refractivity contribution >= 4 is 18.0 Å². The standard InChI is InChI=1S/C19H24FNO7/c1-11(2)18(24)27-12(3)28-19(25)21-9-13(7-16(21)17(22)23)10-26-15-6-4-5-14(20)8-15/h4-6,8,11-13,16H,7,9-10H2,1-3H3,(H,22,23)/t12-,13+,16+/m1/s1. The number of rotatable bonds is 7. The van der Waals surface area contributed by atoms with Crippen LogP contribution in [0.2, 0.25) is 0 Å². The fourth-order valence-electron chi connectivity index (χ4n) is 2.78. The van der Waals surface area contributed by atoms with E-state index in [1.807, 2.05) is 0 Å². The Balaban J connectivity index is 1.93. The number of hydrogen-bond acceptors (Lipinski definition) is 6. The monoisotopic (exact) mass is 397 g/mol. The van der Waals surface area contributed by atoms with Crippen molar-refractivity contribution in [2.24, 2.45) is 11.8 Å². The number of likely N-dealkylation sites (tertiary alicyclic amines) is 1. The number of benzene rings is 1. The van der Waals surface area contributed by atoms with Crippen LogP contribution in [0.4, 0.5) is 9.18 Å². The van der Waals surface area contributed by atoms with Crippen LogP contribution in [-0.2, 0) is 19.1 Å². The Labute approximate surface area is 162 Å². The van der Waals surface area contributed by atoms with E-state index in [2.05, 4.69) is 0 Å². The lowest BCUT2D eigenvalue weighted by molar-refractivity contribution is -0.170. The molecule has 1 aromatic rings. The summed E-state index contributed by atoms with van der Waals surface area (Å²) in [6.45, 7) is 4.88. The average Bonchev–Trinajstić information content (AvgIpc) is 3.04. The third-order valence-corrected chi connectivity index (χ3v) is 4.21. The van der Waals surface area contributed by atoms with Crippen LogP contribution in [0.5, 0.6) is 5.75 Å². The molecule has 1 aliphatic rings. The van der Waals surface area contributed by atoms with Gasteiger partial charge in [0.2, 0.25) is 6.29 Å². The van der Waals surface area contributed by atoms with Crippen LogP contribution in [0, 0.1) is 17.7 Å². The molecular weight excluding hydrogens is 373 g/mol. The number of esters is 1. The molecule has 1 fully saturated rings. The van der Waals surface area contributed by atoms with Crippen LogP contribution in [0.25, 0.3) is 0 Å². The summed E-state index contributed by atoms with van der Waals surface area (Å²) in [7, 11) is 0. The van der Waals surface area contributed by atoms with Crippen molar-refractivity contribution in [3.05, 3.63) is 30.1 Å². The van der Waals surface area contributed by atoms with Gasteiger partial charge in [-0.05, 0) is 18.6 Å². The highest BCUT2D eigenvalue weighted by atomic mass is 19.1. The van der Waals surface area contributed by atoms with Gasteiger partial charge >= 0.3 is 18.0 Å². The maximum atomic E-state index is 13.2. The molecule has 0 radical (unpaired) electrons. The SMILES string of the molecule is CC(C)C(=O)O[C@@H](C)OC(=O)N1C[C@@H](COc2cccc(F)c2)C[C@H]1C(=O)O. The lowest BCUT2D eigenvalue weighted by atomic mass is 10.1. The maximum Gasteiger partial charge on any atom is 0.413 e. The van der Waals surface area contributed by atoms with E-state index in [9.17, 15) is 23.9 Å². The highest BCUT2D eigenvalue weighted by Gasteiger charge is 2.41. The molecule has 3 atom stereocenters. The normalized spacial score (nSPS) is 20.0. The fraction of sp³-hybridized carbons (Fsp3) is 0.526. The Morgan fingerprint density at radius 1 is 1.25 bits per heavy atom. The summed E-state index contributed by atoms with van der Waals surface area (Å²) in [6, 6.07) is 4.52. The second-order valence-electron chi connectivity index (χ2n) is 6.92. The third-order valence-electron chi connectivity index (χ3n) is 4.21. The van der Waals surface area contributed by atoms with Crippen molar-refractivity contribution in [3.8, 4) is 5.75 Å². The first kappa shape index (κ1) is 21.5. The van der Waals surface area contributed by atoms with Crippen LogP contribution in [0.1, 0.15) is 27.2 Å². The van der Waals surface area contributed by atoms with Gasteiger partial charge in [0, 0.05) is 25.5 Å². The van der Waals surface area contributed by atoms with Crippen LogP contribution >= 0.6 is 0 Å². The molecule has 0 saturated carbocycles. The van der Waals surface area contributed by atoms with E-state index in [1.165, 1.54) is 25.1 Å². The van der Waals surface area contributed by atoms with Gasteiger partial charge in [-0.25, -0.2) is 14.0 Å². The zero-order chi connectivity index (χ0) is 20.8. The van der Waals surface area contributed by atoms with E-state index in [0.717, 1.165) is 4.90 Å². The van der Waals surface area contributed by atoms with Crippen LogP contribution < -0.4 is 4.74 Å². The molecule has 1 aromatic carbocycles. The van der Waals surface area contributed by atoms with Gasteiger partial charge in [0.25, 0.3) is 0 Å². The number of carbonyl (C=O) groups is 3. The molecule has 1 amide bonds. The molecule has 1 N–H and O–H groups in total. The van der Waals surface area contributed by atoms with E-state index in [0.29, 0.717) is 5.75 Å². The summed E-state index contributed by atoms with van der Waals surface area (Å²) in [6.07, 6.45) is -1.86. The lowest BCUT2D eigenvalue weighted by Crippen LogP contribution is -2.42. The van der Waals surface area contributed by atoms with Gasteiger partial charge in [-0.2, -0.15) is 0 Å². The summed E-state index contributed by atoms with van der Waals surface area (Å²) < 4.78 is 28.7. The first-order chi connectivity index (χ1) is 13.2. The molecule has 1 aliphatic heterocycles. The second kappa shape index (κ2) is 9.38. The Morgan fingerprint density at radius 2 is 1.96 bits per heavy atom. The first-order valence-corrected chi connectivity index (χ1v) is 8.96. The minimum absolute atomic E-state index is 0.0932. The van der Waals surface area contributed by atoms with Crippen molar-refractivity contribution in [2.75, 3.05) is 13.2 Å². The summed E-state index contributed by atoms with van der Waals surface area (Å²) in [5.74, 6) is -2.48. The molecule has 1 saturated heterocycles. The number of aliphatic carboxylic acids is 1. The Bertz CT molecular complexity index is 724. The summed E-state index contributed by atoms with van der Waals surface area (Å²) in [5, 5.41) is 9.40. The number of ether oxygens (including phenoxy) is 3. The molecule has 0 unspecified atom stereocenters. The molecule has 1 heterocycles. The summed E-state index contributed by atoms with van der Waals surface area (Å²) >= 11 is 0. The van der Waals surface area contributed by atoms with Crippen LogP contribution in [0.3, 0.4) is 0 Å². The molecule has 0 aliphatic carbocycles. The number of carboxylic acids is 1. The summed E-state index contributed by atoms with van der Waals surface area (Å²) in [4.78, 5) is 36.5. The first-order valence-electron chi connectivity index (χ1n) is 8.96. The number of carboxylic acid groups (broad SMARTS) is 1. The van der Waals surface area contributed by atoms with Gasteiger partial charge in [0.15, 0.2) is 0 Å². The largest absolute Gasteiger partial charge is 0.493 e. The van der Waals surface area contributed by atoms with Gasteiger partial charge in [-0.15, -0.1) is 0 Å². The van der Waals surface area contributed by atoms with Crippen molar-refractivity contribution in [1.82, 2.24) is 4.90 Å². The predicted octanol–water partition coefficient (Wildman–Crippen LogP) is 2.66. The van der Waals surface area contributed by atoms with E-state index >= 15 is 0 Å². The van der Waals surface area contributed by atoms with Gasteiger partial charge < -0.3 is 19.3 Å². The molecule has 0 bridgehead atoms. The van der Waals surface area contributed by atoms with Gasteiger partial charge in [-0.1, -0.05) is 19.9 Å². The minimum Gasteiger partial charge on any atom is -0.493 e. The van der Waals surface area contributed by atoms with Crippen molar-refractivity contribution in [3.63, 3.8) is 0 Å². The van der Waals surface area contributed by atoms with Crippen LogP contribution in [-0.4, -0.2) is 53.5 Å². The van der Waals surface area contributed by atoms with Crippen LogP contribution in [0.15, 0.2) is 24.3 Å². The second-order valence-corrected chi connectivity index (χ2v) is 6.92. The molecule has 2 rings (SSSR count). The van der Waals surface area contributed by atoms with Gasteiger partial charge in [-0.3, -0.25) is 9.69 Å². The fourth-order valence-corrected chi connectivity index (χ4v) is 2.78. The quantitative estimate of drug-likeness (QED) is 0.557. The van der Waals surface area contributed by atoms with E-state index in [-0.39, 0.29) is 31.4 Å². The molecule has 8 nitrogen and oxygen atoms in total. The zero-order valence-corrected chi connectivity index (χ0v) is 16.0. The Kier molecular flexibility index (Phi) is 7.19. The van der Waals surface area contributed by atoms with Crippen molar-refractivity contribution < 1.29 is 38.1 Å². The predicted molar refractivity (Wildman–Crippen MR) is 95.0 cm³/mol. The number of hydrogen-bond donors (Lipinski definition) is 1. The average molecular weight is 397 g/mol. The van der Waals surface area contributed by atoms with Crippen molar-refractivity contribution in [2.45, 2.75) is 39.5 Å². The molecule has 0 aromatic heterocycles. The minimum atomic E-state index is -1.17. The number of carbonyl (C=O) groups excluding carboxylic acids is 2. The van der Waals surface area contributed by atoms with Crippen molar-refractivity contribution in [1.29, 1.82) is 0 Å². The van der Waals surface area contributed by atoms with Gasteiger partial charge in [0.1, 0.15) is 17.6 Å². The van der Waals surface area contributed by atoms with E-state index in [4.69, 9.17) is 14.2 Å². The van der Waals surface area contributed by atoms with Gasteiger partial charge in [0.05, 0.1) is 12.5 Å². The zero-order valence-electron chi connectivity index (χ0n) is 16.0. The maximum absolute atomic E-state index is 13.2. The smallest absolute Gasteiger partial charge is 0.413 e. The number of halogens is 1. The molecular formula is C19H24FNO7. The molecule has 9 heteroatoms. The highest BCUT2D eigenvalue weighted by Crippen LogP contribution is 2.26. The topological polar surface area (TPSA) is 102 Å². The van der Waals surface area contributed by atoms with E-state index in [1.54, 1.807) is 19.9 Å². The summed E-state index contributed by atoms with van der Waals surface area (Å²) in [5.41, 5.74) is 0. The Hall–Kier alpha value is -2.84. The third kappa shape index (κ3) is 5.83. The van der Waals surface area contributed by atoms with E-state index < -0.39 is 36.2 Å².